The molecule has 4 amide bonds. The number of imidazole rings is 1. The normalized spacial score (nSPS) is 19.3. The highest BCUT2D eigenvalue weighted by molar-refractivity contribution is 6.00. The third-order valence-electron chi connectivity index (χ3n) is 18.8. The smallest absolute Gasteiger partial charge is 0.412 e. The highest BCUT2D eigenvalue weighted by atomic mass is 16.5. The van der Waals surface area contributed by atoms with Crippen LogP contribution in [-0.4, -0.2) is 144 Å². The summed E-state index contributed by atoms with van der Waals surface area (Å²) in [5.41, 5.74) is 9.32. The lowest BCUT2D eigenvalue weighted by Gasteiger charge is -2.45. The summed E-state index contributed by atoms with van der Waals surface area (Å²) < 4.78 is 15.9. The van der Waals surface area contributed by atoms with Crippen molar-refractivity contribution in [3.63, 3.8) is 0 Å². The largest absolute Gasteiger partial charge is 0.497 e. The predicted molar refractivity (Wildman–Crippen MR) is 330 cm³/mol. The molecule has 0 bridgehead atoms. The van der Waals surface area contributed by atoms with Gasteiger partial charge in [0.25, 0.3) is 11.8 Å². The quantitative estimate of drug-likeness (QED) is 0.0638. The van der Waals surface area contributed by atoms with Gasteiger partial charge in [0.15, 0.2) is 0 Å². The Hall–Kier alpha value is -7.67. The highest BCUT2D eigenvalue weighted by Crippen LogP contribution is 2.37. The van der Waals surface area contributed by atoms with Crippen molar-refractivity contribution in [2.75, 3.05) is 71.4 Å². The molecule has 448 valence electrons. The van der Waals surface area contributed by atoms with E-state index in [2.05, 4.69) is 99.5 Å². The summed E-state index contributed by atoms with van der Waals surface area (Å²) in [6.45, 7) is 17.6. The number of rotatable bonds is 18. The number of nitrogens with one attached hydrogen (secondary N) is 1. The van der Waals surface area contributed by atoms with Crippen LogP contribution in [0.5, 0.6) is 5.75 Å². The number of imide groups is 1. The average molecular weight is 1150 g/mol. The van der Waals surface area contributed by atoms with Crippen LogP contribution >= 0.6 is 0 Å². The Morgan fingerprint density at radius 3 is 2.22 bits per heavy atom. The maximum Gasteiger partial charge on any atom is 0.412 e. The van der Waals surface area contributed by atoms with Crippen LogP contribution in [0.15, 0.2) is 108 Å². The molecule has 0 aliphatic carbocycles. The molecular weight excluding hydrogens is 1070 g/mol. The molecule has 7 aromatic rings. The Balaban J connectivity index is 0.642. The Morgan fingerprint density at radius 1 is 0.765 bits per heavy atom. The van der Waals surface area contributed by atoms with Crippen LogP contribution in [0.4, 0.5) is 10.6 Å². The third kappa shape index (κ3) is 12.7. The summed E-state index contributed by atoms with van der Waals surface area (Å²) in [7, 11) is 5.45. The molecule has 3 atom stereocenters. The van der Waals surface area contributed by atoms with Crippen LogP contribution in [-0.2, 0) is 41.5 Å². The number of aryl methyl sites for hydroxylation is 2. The summed E-state index contributed by atoms with van der Waals surface area (Å²) in [6, 6.07) is 29.8. The van der Waals surface area contributed by atoms with E-state index >= 15 is 0 Å². The zero-order chi connectivity index (χ0) is 59.5. The number of hydrogen-bond donors (Lipinski definition) is 1. The summed E-state index contributed by atoms with van der Waals surface area (Å²) in [5.74, 6) is 2.10. The van der Waals surface area contributed by atoms with Crippen LogP contribution in [0.3, 0.4) is 0 Å². The van der Waals surface area contributed by atoms with Crippen LogP contribution in [0, 0.1) is 11.8 Å². The van der Waals surface area contributed by atoms with Gasteiger partial charge in [-0.2, -0.15) is 0 Å². The number of unbranched alkanes of at least 4 members (excludes halogenated alkanes) is 1. The van der Waals surface area contributed by atoms with Gasteiger partial charge in [-0.15, -0.1) is 0 Å². The minimum Gasteiger partial charge on any atom is -0.497 e. The van der Waals surface area contributed by atoms with Gasteiger partial charge in [0, 0.05) is 113 Å². The number of likely N-dealkylation sites (tertiary alicyclic amines) is 3. The van der Waals surface area contributed by atoms with Crippen molar-refractivity contribution in [2.24, 2.45) is 25.9 Å². The fourth-order valence-electron chi connectivity index (χ4n) is 13.6. The monoisotopic (exact) mass is 1150 g/mol. The number of piperazine rings is 1. The minimum absolute atomic E-state index is 0.126. The first-order valence-corrected chi connectivity index (χ1v) is 30.8. The van der Waals surface area contributed by atoms with Crippen molar-refractivity contribution in [2.45, 2.75) is 116 Å². The van der Waals surface area contributed by atoms with Crippen LogP contribution in [0.1, 0.15) is 130 Å². The van der Waals surface area contributed by atoms with Gasteiger partial charge in [-0.1, -0.05) is 57.5 Å². The van der Waals surface area contributed by atoms with Gasteiger partial charge in [0.1, 0.15) is 23.3 Å². The van der Waals surface area contributed by atoms with E-state index in [4.69, 9.17) is 14.5 Å². The maximum absolute atomic E-state index is 14.0. The first-order chi connectivity index (χ1) is 41.2. The summed E-state index contributed by atoms with van der Waals surface area (Å²) in [6.07, 6.45) is 9.45. The number of ether oxygens (including phenoxy) is 2. The Bertz CT molecular complexity index is 3580. The molecule has 4 aromatic heterocycles. The number of methoxy groups -OCH3 is 1. The zero-order valence-corrected chi connectivity index (χ0v) is 50.5. The lowest BCUT2D eigenvalue weighted by molar-refractivity contribution is -0.151. The molecule has 1 N–H and O–H groups in total. The lowest BCUT2D eigenvalue weighted by atomic mass is 9.88. The molecule has 4 aliphatic rings. The highest BCUT2D eigenvalue weighted by Gasteiger charge is 2.38. The number of aromatic nitrogens is 5. The number of amides is 4. The molecule has 11 rings (SSSR count). The number of hydrogen-bond acceptors (Lipinski definition) is 12. The summed E-state index contributed by atoms with van der Waals surface area (Å²) in [4.78, 5) is 87.5. The summed E-state index contributed by atoms with van der Waals surface area (Å²) >= 11 is 0. The molecule has 0 spiro atoms. The predicted octanol–water partition coefficient (Wildman–Crippen LogP) is 10.2. The van der Waals surface area contributed by atoms with E-state index in [0.29, 0.717) is 47.5 Å². The van der Waals surface area contributed by atoms with E-state index in [1.807, 2.05) is 60.8 Å². The van der Waals surface area contributed by atoms with E-state index in [1.165, 1.54) is 16.2 Å². The van der Waals surface area contributed by atoms with Crippen molar-refractivity contribution in [1.29, 1.82) is 0 Å². The number of carbonyl (C=O) groups excluding carboxylic acids is 4. The van der Waals surface area contributed by atoms with Crippen molar-refractivity contribution in [1.82, 2.24) is 48.2 Å². The molecule has 3 aromatic carbocycles. The second kappa shape index (κ2) is 25.9. The fourth-order valence-corrected chi connectivity index (χ4v) is 13.6. The van der Waals surface area contributed by atoms with E-state index in [1.54, 1.807) is 35.6 Å². The van der Waals surface area contributed by atoms with Crippen molar-refractivity contribution in [3.05, 3.63) is 142 Å². The molecule has 4 fully saturated rings. The molecule has 18 nitrogen and oxygen atoms in total. The van der Waals surface area contributed by atoms with E-state index in [-0.39, 0.29) is 48.8 Å². The molecule has 18 heteroatoms. The number of nitrogens with zero attached hydrogens (tertiary/aromatic N) is 10. The second-order valence-electron chi connectivity index (χ2n) is 24.4. The van der Waals surface area contributed by atoms with Gasteiger partial charge in [0.05, 0.1) is 31.3 Å². The number of fused-ring (bicyclic) bond motifs is 2. The average Bonchev–Trinajstić information content (AvgIpc) is 2.05. The van der Waals surface area contributed by atoms with Crippen LogP contribution in [0.25, 0.3) is 33.2 Å². The van der Waals surface area contributed by atoms with Gasteiger partial charge in [-0.05, 0) is 159 Å². The van der Waals surface area contributed by atoms with Gasteiger partial charge in [-0.3, -0.25) is 48.4 Å². The van der Waals surface area contributed by atoms with Gasteiger partial charge < -0.3 is 18.9 Å². The molecule has 4 saturated heterocycles. The first kappa shape index (κ1) is 59.1. The standard InChI is InChI=1S/C67H83N11O7/c1-8-9-36-85-66(82)70-61-22-17-52(39-69-61)54-24-29-68-63-55(54)38-58(71(63)5)45(4)74-32-27-50(28-33-74)49-13-15-51(16-14-49)64(80)75-30-25-47(26-31-75)41-76-35-34-73(43-60(76)44(2)3)40-48-12-20-56-59(37-48)72(6)67(83)78(56)57-21-23-62(79)77(65(57)81)42-46-10-18-53(84-7)19-11-46/h10-20,22,24,29,37-39,44-45,47,50,57,60H,8-9,21,23,25-28,30-36,40-43H2,1-7H3,(H,69,70,82)/t45-,57?,60+/m0/s1. The van der Waals surface area contributed by atoms with Gasteiger partial charge in [0.2, 0.25) is 5.91 Å². The second-order valence-corrected chi connectivity index (χ2v) is 24.4. The maximum atomic E-state index is 14.0. The van der Waals surface area contributed by atoms with Gasteiger partial charge in [-0.25, -0.2) is 19.6 Å². The number of anilines is 1. The van der Waals surface area contributed by atoms with Crippen LogP contribution in [0.2, 0.25) is 0 Å². The number of pyridine rings is 2. The fraction of sp³-hybridized carbons (Fsp3) is 0.478. The number of carbonyl (C=O) groups is 4. The molecule has 4 aliphatic heterocycles. The van der Waals surface area contributed by atoms with Crippen molar-refractivity contribution < 1.29 is 28.7 Å². The SMILES string of the molecule is CCCCOC(=O)Nc1ccc(-c2ccnc3c2cc([C@H](C)N2CCC(c4ccc(C(=O)N5CCC(CN6CCN(Cc7ccc8c(c7)n(C)c(=O)n8C7CCC(=O)N(Cc8ccc(OC)cc8)C7=O)C[C@@H]6C(C)C)CC5)cc4)CC2)n3C)cn1. The van der Waals surface area contributed by atoms with Crippen molar-refractivity contribution in [3.8, 4) is 16.9 Å². The minimum atomic E-state index is -0.767. The van der Waals surface area contributed by atoms with Crippen molar-refractivity contribution >= 4 is 51.7 Å². The Kier molecular flexibility index (Phi) is 18.0. The van der Waals surface area contributed by atoms with E-state index in [0.717, 1.165) is 142 Å². The molecule has 85 heavy (non-hydrogen) atoms. The summed E-state index contributed by atoms with van der Waals surface area (Å²) in [5, 5.41) is 3.79. The first-order valence-electron chi connectivity index (χ1n) is 30.8. The Labute approximate surface area is 498 Å². The number of piperidine rings is 3. The zero-order valence-electron chi connectivity index (χ0n) is 50.5. The lowest BCUT2D eigenvalue weighted by Crippen LogP contribution is -2.56. The Morgan fingerprint density at radius 2 is 1.52 bits per heavy atom. The molecular formula is C67H83N11O7. The van der Waals surface area contributed by atoms with E-state index < -0.39 is 12.1 Å². The van der Waals surface area contributed by atoms with Gasteiger partial charge >= 0.3 is 11.8 Å². The van der Waals surface area contributed by atoms with E-state index in [9.17, 15) is 24.0 Å². The molecule has 0 radical (unpaired) electrons. The number of benzene rings is 3. The van der Waals surface area contributed by atoms with Crippen LogP contribution < -0.4 is 15.7 Å². The molecule has 1 unspecified atom stereocenters. The molecule has 0 saturated carbocycles. The third-order valence-corrected chi connectivity index (χ3v) is 18.8. The molecule has 8 heterocycles. The topological polar surface area (TPSA) is 173 Å².